The average molecular weight is 364 g/mol. The zero-order chi connectivity index (χ0) is 18.1. The fourth-order valence-electron chi connectivity index (χ4n) is 2.80. The van der Waals surface area contributed by atoms with E-state index in [4.69, 9.17) is 17.0 Å². The average Bonchev–Trinajstić information content (AvgIpc) is 3.25. The molecule has 26 heavy (non-hydrogen) atoms. The lowest BCUT2D eigenvalue weighted by Gasteiger charge is -2.08. The van der Waals surface area contributed by atoms with Crippen LogP contribution in [-0.4, -0.2) is 38.4 Å². The molecule has 0 spiro atoms. The summed E-state index contributed by atoms with van der Waals surface area (Å²) in [6.45, 7) is 1.92. The second-order valence-corrected chi connectivity index (χ2v) is 6.13. The van der Waals surface area contributed by atoms with Gasteiger partial charge in [0.05, 0.1) is 13.3 Å². The number of H-pyrrole nitrogens is 2. The Bertz CT molecular complexity index is 1170. The van der Waals surface area contributed by atoms with Crippen LogP contribution in [0.2, 0.25) is 0 Å². The van der Waals surface area contributed by atoms with E-state index < -0.39 is 0 Å². The van der Waals surface area contributed by atoms with Crippen molar-refractivity contribution in [1.29, 1.82) is 0 Å². The van der Waals surface area contributed by atoms with Crippen LogP contribution in [0.15, 0.2) is 47.6 Å². The van der Waals surface area contributed by atoms with Crippen molar-refractivity contribution in [3.63, 3.8) is 0 Å². The van der Waals surface area contributed by atoms with E-state index in [2.05, 4.69) is 25.5 Å². The van der Waals surface area contributed by atoms with Crippen LogP contribution in [0, 0.1) is 11.7 Å². The van der Waals surface area contributed by atoms with Gasteiger partial charge < -0.3 is 4.74 Å². The highest BCUT2D eigenvalue weighted by molar-refractivity contribution is 7.71. The Morgan fingerprint density at radius 3 is 2.77 bits per heavy atom. The van der Waals surface area contributed by atoms with Gasteiger partial charge in [0.25, 0.3) is 0 Å². The van der Waals surface area contributed by atoms with E-state index in [9.17, 15) is 0 Å². The SMILES string of the molecule is COc1ccc2ccccc2c1/C=N\n1c(-c2cc(C)[nH]n2)n[nH]c1=S. The maximum Gasteiger partial charge on any atom is 0.216 e. The standard InChI is InChI=1S/C18H16N6OS/c1-11-9-15(21-20-11)17-22-23-18(26)24(17)19-10-14-13-6-4-3-5-12(13)7-8-16(14)25-2/h3-10H,1-2H3,(H,20,21)(H,23,26)/b19-10-. The molecule has 7 nitrogen and oxygen atoms in total. The summed E-state index contributed by atoms with van der Waals surface area (Å²) >= 11 is 5.31. The van der Waals surface area contributed by atoms with E-state index in [0.717, 1.165) is 27.8 Å². The van der Waals surface area contributed by atoms with Gasteiger partial charge in [0.2, 0.25) is 10.6 Å². The number of hydrogen-bond donors (Lipinski definition) is 2. The van der Waals surface area contributed by atoms with Crippen molar-refractivity contribution in [2.75, 3.05) is 7.11 Å². The molecule has 130 valence electrons. The number of ether oxygens (including phenoxy) is 1. The first-order chi connectivity index (χ1) is 12.7. The van der Waals surface area contributed by atoms with Crippen molar-refractivity contribution in [3.8, 4) is 17.3 Å². The smallest absolute Gasteiger partial charge is 0.216 e. The molecule has 0 fully saturated rings. The van der Waals surface area contributed by atoms with Gasteiger partial charge in [-0.1, -0.05) is 30.3 Å². The summed E-state index contributed by atoms with van der Waals surface area (Å²) in [7, 11) is 1.64. The van der Waals surface area contributed by atoms with Gasteiger partial charge in [0.1, 0.15) is 11.4 Å². The number of hydrogen-bond acceptors (Lipinski definition) is 5. The highest BCUT2D eigenvalue weighted by Crippen LogP contribution is 2.26. The number of benzene rings is 2. The number of fused-ring (bicyclic) bond motifs is 1. The van der Waals surface area contributed by atoms with Crippen molar-refractivity contribution in [2.24, 2.45) is 5.10 Å². The Morgan fingerprint density at radius 1 is 1.15 bits per heavy atom. The third kappa shape index (κ3) is 2.80. The zero-order valence-electron chi connectivity index (χ0n) is 14.2. The molecule has 2 heterocycles. The molecule has 0 bridgehead atoms. The predicted octanol–water partition coefficient (Wildman–Crippen LogP) is 3.68. The fraction of sp³-hybridized carbons (Fsp3) is 0.111. The number of nitrogens with zero attached hydrogens (tertiary/aromatic N) is 4. The molecule has 0 amide bonds. The Morgan fingerprint density at radius 2 is 2.00 bits per heavy atom. The minimum Gasteiger partial charge on any atom is -0.496 e. The molecule has 0 unspecified atom stereocenters. The van der Waals surface area contributed by atoms with E-state index in [1.54, 1.807) is 18.0 Å². The molecule has 0 aliphatic carbocycles. The van der Waals surface area contributed by atoms with Gasteiger partial charge in [-0.3, -0.25) is 5.10 Å². The fourth-order valence-corrected chi connectivity index (χ4v) is 2.98. The molecule has 0 aliphatic heterocycles. The molecule has 0 saturated carbocycles. The Balaban J connectivity index is 1.84. The van der Waals surface area contributed by atoms with Crippen LogP contribution in [0.1, 0.15) is 11.3 Å². The summed E-state index contributed by atoms with van der Waals surface area (Å²) < 4.78 is 7.44. The van der Waals surface area contributed by atoms with E-state index in [-0.39, 0.29) is 0 Å². The Hall–Kier alpha value is -3.26. The van der Waals surface area contributed by atoms with E-state index in [1.807, 2.05) is 49.4 Å². The van der Waals surface area contributed by atoms with Crippen molar-refractivity contribution in [1.82, 2.24) is 25.1 Å². The highest BCUT2D eigenvalue weighted by atomic mass is 32.1. The van der Waals surface area contributed by atoms with Gasteiger partial charge in [0.15, 0.2) is 0 Å². The number of aryl methyl sites for hydroxylation is 1. The number of aromatic nitrogens is 5. The molecule has 2 aromatic heterocycles. The second-order valence-electron chi connectivity index (χ2n) is 5.75. The maximum atomic E-state index is 5.50. The number of nitrogens with one attached hydrogen (secondary N) is 2. The first-order valence-electron chi connectivity index (χ1n) is 7.97. The monoisotopic (exact) mass is 364 g/mol. The largest absolute Gasteiger partial charge is 0.496 e. The van der Waals surface area contributed by atoms with Crippen molar-refractivity contribution in [3.05, 3.63) is 58.5 Å². The molecule has 4 aromatic rings. The van der Waals surface area contributed by atoms with Crippen LogP contribution in [0.25, 0.3) is 22.3 Å². The molecule has 4 rings (SSSR count). The predicted molar refractivity (Wildman–Crippen MR) is 103 cm³/mol. The molecule has 8 heteroatoms. The van der Waals surface area contributed by atoms with E-state index >= 15 is 0 Å². The minimum atomic E-state index is 0.385. The van der Waals surface area contributed by atoms with Gasteiger partial charge in [-0.05, 0) is 42.0 Å². The summed E-state index contributed by atoms with van der Waals surface area (Å²) in [6, 6.07) is 13.9. The molecule has 2 N–H and O–H groups in total. The lowest BCUT2D eigenvalue weighted by molar-refractivity contribution is 0.415. The van der Waals surface area contributed by atoms with Crippen LogP contribution >= 0.6 is 12.2 Å². The molecule has 0 saturated heterocycles. The first-order valence-corrected chi connectivity index (χ1v) is 8.38. The summed E-state index contributed by atoms with van der Waals surface area (Å²) in [5.41, 5.74) is 2.47. The maximum absolute atomic E-state index is 5.50. The minimum absolute atomic E-state index is 0.385. The quantitative estimate of drug-likeness (QED) is 0.427. The summed E-state index contributed by atoms with van der Waals surface area (Å²) in [4.78, 5) is 0. The van der Waals surface area contributed by atoms with Gasteiger partial charge in [-0.15, -0.1) is 0 Å². The number of aromatic amines is 2. The van der Waals surface area contributed by atoms with Crippen molar-refractivity contribution < 1.29 is 4.74 Å². The van der Waals surface area contributed by atoms with Crippen LogP contribution in [0.3, 0.4) is 0 Å². The molecular formula is C18H16N6OS. The zero-order valence-corrected chi connectivity index (χ0v) is 15.0. The highest BCUT2D eigenvalue weighted by Gasteiger charge is 2.12. The summed E-state index contributed by atoms with van der Waals surface area (Å²) in [6.07, 6.45) is 1.73. The van der Waals surface area contributed by atoms with Crippen LogP contribution < -0.4 is 4.74 Å². The van der Waals surface area contributed by atoms with Gasteiger partial charge in [-0.2, -0.15) is 20.0 Å². The number of rotatable bonds is 4. The number of methoxy groups -OCH3 is 1. The van der Waals surface area contributed by atoms with E-state index in [1.165, 1.54) is 0 Å². The topological polar surface area (TPSA) is 83.9 Å². The third-order valence-electron chi connectivity index (χ3n) is 4.04. The van der Waals surface area contributed by atoms with Crippen LogP contribution in [0.5, 0.6) is 5.75 Å². The van der Waals surface area contributed by atoms with Crippen LogP contribution in [0.4, 0.5) is 0 Å². The Labute approximate surface area is 154 Å². The van der Waals surface area contributed by atoms with Gasteiger partial charge in [0, 0.05) is 11.3 Å². The summed E-state index contributed by atoms with van der Waals surface area (Å²) in [5, 5.41) is 20.8. The second kappa shape index (κ2) is 6.57. The lowest BCUT2D eigenvalue weighted by atomic mass is 10.0. The van der Waals surface area contributed by atoms with Crippen molar-refractivity contribution in [2.45, 2.75) is 6.92 Å². The van der Waals surface area contributed by atoms with Crippen LogP contribution in [-0.2, 0) is 0 Å². The third-order valence-corrected chi connectivity index (χ3v) is 4.30. The van der Waals surface area contributed by atoms with Crippen molar-refractivity contribution >= 4 is 29.2 Å². The lowest BCUT2D eigenvalue weighted by Crippen LogP contribution is -1.98. The molecular weight excluding hydrogens is 348 g/mol. The first kappa shape index (κ1) is 16.2. The van der Waals surface area contributed by atoms with Gasteiger partial charge in [-0.25, -0.2) is 5.10 Å². The molecule has 0 radical (unpaired) electrons. The van der Waals surface area contributed by atoms with E-state index in [0.29, 0.717) is 16.3 Å². The van der Waals surface area contributed by atoms with Gasteiger partial charge >= 0.3 is 0 Å². The Kier molecular flexibility index (Phi) is 4.10. The normalized spacial score (nSPS) is 11.5. The molecule has 0 aliphatic rings. The molecule has 2 aromatic carbocycles. The molecule has 0 atom stereocenters. The summed E-state index contributed by atoms with van der Waals surface area (Å²) in [5.74, 6) is 1.27.